The lowest BCUT2D eigenvalue weighted by Gasteiger charge is -2.34. The zero-order chi connectivity index (χ0) is 12.3. The molecule has 1 aromatic carbocycles. The number of halogens is 1. The summed E-state index contributed by atoms with van der Waals surface area (Å²) < 4.78 is 12.8. The van der Waals surface area contributed by atoms with Crippen molar-refractivity contribution in [3.63, 3.8) is 0 Å². The van der Waals surface area contributed by atoms with Crippen LogP contribution in [0.1, 0.15) is 12.8 Å². The Balaban J connectivity index is 2.01. The first-order valence-electron chi connectivity index (χ1n) is 5.71. The summed E-state index contributed by atoms with van der Waals surface area (Å²) in [5.74, 6) is -0.238. The molecular formula is C12H16FN3O. The molecule has 0 radical (unpaired) electrons. The first-order chi connectivity index (χ1) is 8.15. The van der Waals surface area contributed by atoms with Gasteiger partial charge >= 0.3 is 6.03 Å². The fourth-order valence-corrected chi connectivity index (χ4v) is 2.18. The molecular weight excluding hydrogens is 221 g/mol. The maximum atomic E-state index is 12.8. The zero-order valence-electron chi connectivity index (χ0n) is 9.53. The number of carbonyl (C=O) groups is 1. The van der Waals surface area contributed by atoms with Gasteiger partial charge in [-0.1, -0.05) is 0 Å². The van der Waals surface area contributed by atoms with Gasteiger partial charge in [-0.25, -0.2) is 9.18 Å². The van der Waals surface area contributed by atoms with Crippen molar-refractivity contribution < 1.29 is 9.18 Å². The van der Waals surface area contributed by atoms with E-state index in [-0.39, 0.29) is 11.9 Å². The van der Waals surface area contributed by atoms with Gasteiger partial charge in [-0.05, 0) is 37.1 Å². The third kappa shape index (κ3) is 3.09. The minimum Gasteiger partial charge on any atom is -0.369 e. The highest BCUT2D eigenvalue weighted by molar-refractivity contribution is 5.72. The highest BCUT2D eigenvalue weighted by Crippen LogP contribution is 2.20. The van der Waals surface area contributed by atoms with Crippen LogP contribution in [0.25, 0.3) is 0 Å². The van der Waals surface area contributed by atoms with Crippen LogP contribution in [-0.4, -0.2) is 25.2 Å². The van der Waals surface area contributed by atoms with Gasteiger partial charge in [-0.2, -0.15) is 0 Å². The summed E-state index contributed by atoms with van der Waals surface area (Å²) in [4.78, 5) is 12.9. The average molecular weight is 237 g/mol. The average Bonchev–Trinajstić information content (AvgIpc) is 2.29. The fraction of sp³-hybridized carbons (Fsp3) is 0.417. The van der Waals surface area contributed by atoms with Crippen molar-refractivity contribution in [1.29, 1.82) is 0 Å². The smallest absolute Gasteiger partial charge is 0.312 e. The Morgan fingerprint density at radius 1 is 1.41 bits per heavy atom. The third-order valence-electron chi connectivity index (χ3n) is 2.96. The van der Waals surface area contributed by atoms with Gasteiger partial charge in [0.25, 0.3) is 0 Å². The number of piperidine rings is 1. The molecule has 0 aliphatic carbocycles. The van der Waals surface area contributed by atoms with Gasteiger partial charge < -0.3 is 16.0 Å². The van der Waals surface area contributed by atoms with Crippen LogP contribution in [0, 0.1) is 5.82 Å². The molecule has 2 rings (SSSR count). The van der Waals surface area contributed by atoms with Gasteiger partial charge in [0.2, 0.25) is 0 Å². The molecule has 2 amide bonds. The third-order valence-corrected chi connectivity index (χ3v) is 2.96. The summed E-state index contributed by atoms with van der Waals surface area (Å²) in [5.41, 5.74) is 6.08. The van der Waals surface area contributed by atoms with E-state index >= 15 is 0 Å². The molecule has 1 heterocycles. The zero-order valence-corrected chi connectivity index (χ0v) is 9.53. The number of benzene rings is 1. The lowest BCUT2D eigenvalue weighted by molar-refractivity contribution is 0.243. The van der Waals surface area contributed by atoms with E-state index in [4.69, 9.17) is 5.73 Å². The number of hydrogen-bond acceptors (Lipinski definition) is 2. The monoisotopic (exact) mass is 237 g/mol. The van der Waals surface area contributed by atoms with Crippen molar-refractivity contribution in [2.45, 2.75) is 18.9 Å². The first kappa shape index (κ1) is 11.7. The SMILES string of the molecule is NC(=O)NC1CCCN(c2ccc(F)cc2)C1. The molecule has 4 nitrogen and oxygen atoms in total. The van der Waals surface area contributed by atoms with E-state index < -0.39 is 6.03 Å². The van der Waals surface area contributed by atoms with Crippen LogP contribution in [0.3, 0.4) is 0 Å². The molecule has 3 N–H and O–H groups in total. The number of primary amides is 1. The maximum absolute atomic E-state index is 12.8. The molecule has 1 saturated heterocycles. The molecule has 92 valence electrons. The molecule has 1 aliphatic rings. The van der Waals surface area contributed by atoms with Crippen molar-refractivity contribution in [2.75, 3.05) is 18.0 Å². The number of hydrogen-bond donors (Lipinski definition) is 2. The first-order valence-corrected chi connectivity index (χ1v) is 5.71. The Labute approximate surface area is 99.6 Å². The quantitative estimate of drug-likeness (QED) is 0.818. The molecule has 0 bridgehead atoms. The van der Waals surface area contributed by atoms with Gasteiger partial charge in [0.15, 0.2) is 0 Å². The van der Waals surface area contributed by atoms with Crippen LogP contribution in [0.2, 0.25) is 0 Å². The normalized spacial score (nSPS) is 20.1. The maximum Gasteiger partial charge on any atom is 0.312 e. The molecule has 1 aliphatic heterocycles. The number of amides is 2. The number of nitrogens with two attached hydrogens (primary N) is 1. The number of nitrogens with zero attached hydrogens (tertiary/aromatic N) is 1. The van der Waals surface area contributed by atoms with Gasteiger partial charge in [0, 0.05) is 24.8 Å². The van der Waals surface area contributed by atoms with Crippen LogP contribution in [0.5, 0.6) is 0 Å². The molecule has 1 aromatic rings. The fourth-order valence-electron chi connectivity index (χ4n) is 2.18. The van der Waals surface area contributed by atoms with Crippen molar-refractivity contribution in [3.05, 3.63) is 30.1 Å². The van der Waals surface area contributed by atoms with Crippen LogP contribution in [-0.2, 0) is 0 Å². The summed E-state index contributed by atoms with van der Waals surface area (Å²) >= 11 is 0. The molecule has 0 saturated carbocycles. The minimum atomic E-state index is -0.490. The lowest BCUT2D eigenvalue weighted by Crippen LogP contribution is -2.49. The van der Waals surface area contributed by atoms with Gasteiger partial charge in [0.05, 0.1) is 0 Å². The van der Waals surface area contributed by atoms with Gasteiger partial charge in [-0.15, -0.1) is 0 Å². The second-order valence-electron chi connectivity index (χ2n) is 4.27. The summed E-state index contributed by atoms with van der Waals surface area (Å²) in [7, 11) is 0. The van der Waals surface area contributed by atoms with Crippen molar-refractivity contribution >= 4 is 11.7 Å². The van der Waals surface area contributed by atoms with Crippen molar-refractivity contribution in [2.24, 2.45) is 5.73 Å². The molecule has 0 aromatic heterocycles. The number of carbonyl (C=O) groups excluding carboxylic acids is 1. The summed E-state index contributed by atoms with van der Waals surface area (Å²) in [6.45, 7) is 1.64. The predicted molar refractivity (Wildman–Crippen MR) is 64.4 cm³/mol. The summed E-state index contributed by atoms with van der Waals surface area (Å²) in [6, 6.07) is 5.98. The number of urea groups is 1. The van der Waals surface area contributed by atoms with E-state index in [1.165, 1.54) is 12.1 Å². The van der Waals surface area contributed by atoms with E-state index in [2.05, 4.69) is 10.2 Å². The van der Waals surface area contributed by atoms with Crippen LogP contribution in [0.15, 0.2) is 24.3 Å². The molecule has 17 heavy (non-hydrogen) atoms. The Morgan fingerprint density at radius 3 is 2.76 bits per heavy atom. The van der Waals surface area contributed by atoms with Crippen molar-refractivity contribution in [1.82, 2.24) is 5.32 Å². The lowest BCUT2D eigenvalue weighted by atomic mass is 10.1. The van der Waals surface area contributed by atoms with Crippen LogP contribution in [0.4, 0.5) is 14.9 Å². The second-order valence-corrected chi connectivity index (χ2v) is 4.27. The molecule has 0 spiro atoms. The topological polar surface area (TPSA) is 58.4 Å². The van der Waals surface area contributed by atoms with E-state index in [0.29, 0.717) is 6.54 Å². The standard InChI is InChI=1S/C12H16FN3O/c13-9-3-5-11(6-4-9)16-7-1-2-10(8-16)15-12(14)17/h3-6,10H,1-2,7-8H2,(H3,14,15,17). The number of anilines is 1. The van der Waals surface area contributed by atoms with E-state index in [1.54, 1.807) is 12.1 Å². The van der Waals surface area contributed by atoms with Gasteiger partial charge in [0.1, 0.15) is 5.82 Å². The van der Waals surface area contributed by atoms with Crippen molar-refractivity contribution in [3.8, 4) is 0 Å². The van der Waals surface area contributed by atoms with E-state index in [9.17, 15) is 9.18 Å². The predicted octanol–water partition coefficient (Wildman–Crippen LogP) is 1.46. The van der Waals surface area contributed by atoms with E-state index in [1.807, 2.05) is 0 Å². The van der Waals surface area contributed by atoms with Crippen LogP contribution < -0.4 is 16.0 Å². The minimum absolute atomic E-state index is 0.0753. The molecule has 5 heteroatoms. The Bertz CT molecular complexity index is 393. The number of rotatable bonds is 2. The summed E-state index contributed by atoms with van der Waals surface area (Å²) in [6.07, 6.45) is 1.92. The van der Waals surface area contributed by atoms with Crippen LogP contribution >= 0.6 is 0 Å². The molecule has 1 unspecified atom stereocenters. The van der Waals surface area contributed by atoms with E-state index in [0.717, 1.165) is 25.1 Å². The highest BCUT2D eigenvalue weighted by Gasteiger charge is 2.20. The Kier molecular flexibility index (Phi) is 3.46. The Morgan fingerprint density at radius 2 is 2.12 bits per heavy atom. The Hall–Kier alpha value is -1.78. The second kappa shape index (κ2) is 5.03. The molecule has 1 atom stereocenters. The molecule has 1 fully saturated rings. The largest absolute Gasteiger partial charge is 0.369 e. The summed E-state index contributed by atoms with van der Waals surface area (Å²) in [5, 5.41) is 2.72. The van der Waals surface area contributed by atoms with Gasteiger partial charge in [-0.3, -0.25) is 0 Å². The number of nitrogens with one attached hydrogen (secondary N) is 1. The highest BCUT2D eigenvalue weighted by atomic mass is 19.1.